The normalized spacial score (nSPS) is 51.9. The van der Waals surface area contributed by atoms with Gasteiger partial charge in [0.15, 0.2) is 0 Å². The van der Waals surface area contributed by atoms with Crippen LogP contribution < -0.4 is 0 Å². The smallest absolute Gasteiger partial charge is 0.0411 e. The van der Waals surface area contributed by atoms with Crippen molar-refractivity contribution in [2.75, 3.05) is 0 Å². The molecule has 2 aromatic rings. The molecule has 16 bridgehead atoms. The maximum Gasteiger partial charge on any atom is 0.0411 e. The molecule has 0 N–H and O–H groups in total. The molecule has 0 aliphatic heterocycles. The van der Waals surface area contributed by atoms with Gasteiger partial charge in [0.2, 0.25) is 0 Å². The van der Waals surface area contributed by atoms with E-state index >= 15 is 0 Å². The molecule has 288 valence electrons. The molecule has 2 aromatic carbocycles. The average molecular weight is 762 g/mol. The summed E-state index contributed by atoms with van der Waals surface area (Å²) < 4.78 is 0. The van der Waals surface area contributed by atoms with E-state index in [1.165, 1.54) is 154 Å². The zero-order chi connectivity index (χ0) is 35.6. The van der Waals surface area contributed by atoms with Gasteiger partial charge in [0, 0.05) is 10.0 Å². The maximum atomic E-state index is 6.83. The van der Waals surface area contributed by atoms with Crippen LogP contribution in [0.1, 0.15) is 176 Å². The van der Waals surface area contributed by atoms with Gasteiger partial charge in [-0.2, -0.15) is 0 Å². The molecular weight excluding hydrogens is 695 g/mol. The van der Waals surface area contributed by atoms with Crippen molar-refractivity contribution in [1.82, 2.24) is 0 Å². The average Bonchev–Trinajstić information content (AvgIpc) is 3.09. The van der Waals surface area contributed by atoms with E-state index in [-0.39, 0.29) is 0 Å². The van der Waals surface area contributed by atoms with E-state index in [9.17, 15) is 0 Å². The van der Waals surface area contributed by atoms with Crippen LogP contribution in [0.5, 0.6) is 0 Å². The van der Waals surface area contributed by atoms with Gasteiger partial charge in [0.05, 0.1) is 0 Å². The Morgan fingerprint density at radius 1 is 0.259 bits per heavy atom. The first kappa shape index (κ1) is 33.9. The third-order valence-electron chi connectivity index (χ3n) is 20.4. The molecule has 0 spiro atoms. The molecule has 0 amide bonds. The van der Waals surface area contributed by atoms with E-state index in [0.29, 0.717) is 21.7 Å². The van der Waals surface area contributed by atoms with E-state index in [2.05, 4.69) is 36.4 Å². The fraction of sp³-hybridized carbons (Fsp3) is 0.769. The standard InChI is InChI=1S/2C26H33Cl/c2*27-24-8-22(25-10-16-1-17(11-25)3-18(2-16)12-25)7-23(9-24)26-13-19-4-20(14-26)6-21(5-19)15-26/h2*7-9,16-21H,1-6,10-15H2. The Kier molecular flexibility index (Phi) is 7.43. The molecule has 54 heavy (non-hydrogen) atoms. The molecule has 0 saturated heterocycles. The fourth-order valence-corrected chi connectivity index (χ4v) is 20.7. The molecule has 2 heteroatoms. The summed E-state index contributed by atoms with van der Waals surface area (Å²) in [5.41, 5.74) is 8.54. The summed E-state index contributed by atoms with van der Waals surface area (Å²) in [5.74, 6) is 12.1. The van der Waals surface area contributed by atoms with Crippen molar-refractivity contribution < 1.29 is 0 Å². The van der Waals surface area contributed by atoms with Crippen LogP contribution in [0.3, 0.4) is 0 Å². The lowest BCUT2D eigenvalue weighted by molar-refractivity contribution is -0.00859. The summed E-state index contributed by atoms with van der Waals surface area (Å²) in [4.78, 5) is 0. The molecule has 0 atom stereocenters. The number of halogens is 2. The van der Waals surface area contributed by atoms with Gasteiger partial charge in [-0.15, -0.1) is 0 Å². The van der Waals surface area contributed by atoms with E-state index in [0.717, 1.165) is 81.1 Å². The molecule has 0 radical (unpaired) electrons. The Hall–Kier alpha value is -0.980. The predicted molar refractivity (Wildman–Crippen MR) is 222 cm³/mol. The highest BCUT2D eigenvalue weighted by atomic mass is 35.5. The minimum absolute atomic E-state index is 0.483. The number of benzene rings is 2. The van der Waals surface area contributed by atoms with Crippen LogP contribution in [-0.4, -0.2) is 0 Å². The summed E-state index contributed by atoms with van der Waals surface area (Å²) in [5, 5.41) is 2.07. The minimum atomic E-state index is 0.483. The van der Waals surface area contributed by atoms with Crippen molar-refractivity contribution in [3.8, 4) is 0 Å². The van der Waals surface area contributed by atoms with Gasteiger partial charge in [-0.25, -0.2) is 0 Å². The highest BCUT2D eigenvalue weighted by Gasteiger charge is 2.56. The molecule has 0 heterocycles. The summed E-state index contributed by atoms with van der Waals surface area (Å²) in [6, 6.07) is 15.0. The lowest BCUT2D eigenvalue weighted by Crippen LogP contribution is -2.50. The minimum Gasteiger partial charge on any atom is -0.0843 e. The van der Waals surface area contributed by atoms with Crippen LogP contribution in [0.25, 0.3) is 0 Å². The van der Waals surface area contributed by atoms with Crippen molar-refractivity contribution in [2.45, 2.75) is 176 Å². The highest BCUT2D eigenvalue weighted by molar-refractivity contribution is 6.31. The van der Waals surface area contributed by atoms with Gasteiger partial charge in [-0.3, -0.25) is 0 Å². The summed E-state index contributed by atoms with van der Waals surface area (Å²) in [7, 11) is 0. The first-order chi connectivity index (χ1) is 26.1. The summed E-state index contributed by atoms with van der Waals surface area (Å²) in [6.45, 7) is 0. The molecule has 16 fully saturated rings. The first-order valence-electron chi connectivity index (χ1n) is 23.8. The molecule has 16 saturated carbocycles. The van der Waals surface area contributed by atoms with Crippen LogP contribution >= 0.6 is 23.2 Å². The van der Waals surface area contributed by atoms with Crippen molar-refractivity contribution in [3.63, 3.8) is 0 Å². The van der Waals surface area contributed by atoms with Crippen molar-refractivity contribution in [2.24, 2.45) is 71.0 Å². The Labute approximate surface area is 337 Å². The molecule has 18 rings (SSSR count). The monoisotopic (exact) mass is 760 g/mol. The van der Waals surface area contributed by atoms with Gasteiger partial charge < -0.3 is 0 Å². The maximum absolute atomic E-state index is 6.83. The lowest BCUT2D eigenvalue weighted by atomic mass is 9.46. The summed E-state index contributed by atoms with van der Waals surface area (Å²) in [6.07, 6.45) is 35.8. The second-order valence-corrected chi connectivity index (χ2v) is 25.1. The molecule has 16 aliphatic carbocycles. The van der Waals surface area contributed by atoms with Crippen LogP contribution in [0.4, 0.5) is 0 Å². The molecule has 0 aromatic heterocycles. The Morgan fingerprint density at radius 3 is 0.556 bits per heavy atom. The quantitative estimate of drug-likeness (QED) is 0.291. The zero-order valence-corrected chi connectivity index (χ0v) is 34.6. The third-order valence-corrected chi connectivity index (χ3v) is 20.8. The molecule has 16 aliphatic rings. The lowest BCUT2D eigenvalue weighted by Gasteiger charge is -2.58. The van der Waals surface area contributed by atoms with Crippen LogP contribution in [0.2, 0.25) is 10.0 Å². The molecule has 0 nitrogen and oxygen atoms in total. The zero-order valence-electron chi connectivity index (χ0n) is 33.1. The molecule has 0 unspecified atom stereocenters. The van der Waals surface area contributed by atoms with E-state index in [4.69, 9.17) is 23.2 Å². The first-order valence-corrected chi connectivity index (χ1v) is 24.5. The molecular formula is C52H66Cl2. The fourth-order valence-electron chi connectivity index (χ4n) is 20.3. The number of hydrogen-bond acceptors (Lipinski definition) is 0. The largest absolute Gasteiger partial charge is 0.0843 e. The van der Waals surface area contributed by atoms with Gasteiger partial charge in [0.1, 0.15) is 0 Å². The van der Waals surface area contributed by atoms with Gasteiger partial charge in [0.25, 0.3) is 0 Å². The topological polar surface area (TPSA) is 0 Å². The predicted octanol–water partition coefficient (Wildman–Crippen LogP) is 14.6. The van der Waals surface area contributed by atoms with Crippen molar-refractivity contribution >= 4 is 23.2 Å². The van der Waals surface area contributed by atoms with Gasteiger partial charge in [-0.05, 0) is 293 Å². The SMILES string of the molecule is Clc1cc(C23CC4CC(CC(C4)C2)C3)cc(C23CC4CC(CC(C4)C2)C3)c1.Clc1cc(C23CC4CC(CC(C4)C2)C3)cc(C23CC4CC(CC(C4)C2)C3)c1. The van der Waals surface area contributed by atoms with Crippen molar-refractivity contribution in [3.05, 3.63) is 68.7 Å². The Bertz CT molecular complexity index is 1450. The number of hydrogen-bond donors (Lipinski definition) is 0. The highest BCUT2D eigenvalue weighted by Crippen LogP contribution is 2.66. The van der Waals surface area contributed by atoms with Crippen molar-refractivity contribution in [1.29, 1.82) is 0 Å². The Morgan fingerprint density at radius 2 is 0.407 bits per heavy atom. The number of rotatable bonds is 4. The summed E-state index contributed by atoms with van der Waals surface area (Å²) >= 11 is 13.7. The second-order valence-electron chi connectivity index (χ2n) is 24.2. The van der Waals surface area contributed by atoms with Gasteiger partial charge in [-0.1, -0.05) is 35.3 Å². The van der Waals surface area contributed by atoms with Crippen LogP contribution in [0.15, 0.2) is 36.4 Å². The van der Waals surface area contributed by atoms with Crippen LogP contribution in [-0.2, 0) is 21.7 Å². The second kappa shape index (κ2) is 11.8. The Balaban J connectivity index is 0.000000115. The van der Waals surface area contributed by atoms with E-state index in [1.54, 1.807) is 22.3 Å². The van der Waals surface area contributed by atoms with Crippen LogP contribution in [0, 0.1) is 71.0 Å². The van der Waals surface area contributed by atoms with E-state index < -0.39 is 0 Å². The van der Waals surface area contributed by atoms with Gasteiger partial charge >= 0.3 is 0 Å². The third kappa shape index (κ3) is 5.31. The van der Waals surface area contributed by atoms with E-state index in [1.807, 2.05) is 0 Å².